The molecule has 0 atom stereocenters. The monoisotopic (exact) mass is 210 g/mol. The molecule has 0 spiro atoms. The summed E-state index contributed by atoms with van der Waals surface area (Å²) in [5, 5.41) is 8.60. The van der Waals surface area contributed by atoms with E-state index in [2.05, 4.69) is 27.8 Å². The van der Waals surface area contributed by atoms with Crippen LogP contribution in [0.4, 0.5) is 0 Å². The standard InChI is InChI=1S/C9H10N2S2/c1-2-8(12-4-1)6-10-7-9-11-3-5-13-9/h1-5,10H,6-7H2. The zero-order valence-electron chi connectivity index (χ0n) is 7.06. The minimum atomic E-state index is 0.871. The summed E-state index contributed by atoms with van der Waals surface area (Å²) in [5.41, 5.74) is 0. The number of hydrogen-bond donors (Lipinski definition) is 1. The van der Waals surface area contributed by atoms with Gasteiger partial charge in [-0.25, -0.2) is 4.98 Å². The predicted molar refractivity (Wildman–Crippen MR) is 57.0 cm³/mol. The van der Waals surface area contributed by atoms with Gasteiger partial charge in [0.1, 0.15) is 5.01 Å². The molecule has 0 aromatic carbocycles. The maximum Gasteiger partial charge on any atom is 0.106 e. The van der Waals surface area contributed by atoms with Gasteiger partial charge < -0.3 is 5.32 Å². The molecule has 2 aromatic heterocycles. The Morgan fingerprint density at radius 3 is 2.92 bits per heavy atom. The van der Waals surface area contributed by atoms with Crippen LogP contribution in [0.2, 0.25) is 0 Å². The fraction of sp³-hybridized carbons (Fsp3) is 0.222. The Bertz CT molecular complexity index is 292. The Kier molecular flexibility index (Phi) is 3.07. The molecule has 0 saturated carbocycles. The van der Waals surface area contributed by atoms with Gasteiger partial charge in [-0.1, -0.05) is 6.07 Å². The van der Waals surface area contributed by atoms with E-state index in [4.69, 9.17) is 0 Å². The first-order chi connectivity index (χ1) is 6.45. The van der Waals surface area contributed by atoms with Crippen LogP contribution >= 0.6 is 22.7 Å². The van der Waals surface area contributed by atoms with Gasteiger partial charge in [0.25, 0.3) is 0 Å². The van der Waals surface area contributed by atoms with Crippen LogP contribution in [0, 0.1) is 0 Å². The second-order valence-electron chi connectivity index (χ2n) is 2.61. The van der Waals surface area contributed by atoms with Crippen LogP contribution in [0.3, 0.4) is 0 Å². The summed E-state index contributed by atoms with van der Waals surface area (Å²) in [7, 11) is 0. The highest BCUT2D eigenvalue weighted by Gasteiger charge is 1.95. The van der Waals surface area contributed by atoms with Crippen LogP contribution in [0.25, 0.3) is 0 Å². The Labute approximate surface area is 85.3 Å². The Hall–Kier alpha value is -0.710. The van der Waals surface area contributed by atoms with Crippen molar-refractivity contribution in [3.8, 4) is 0 Å². The molecule has 0 aliphatic rings. The van der Waals surface area contributed by atoms with Crippen molar-refractivity contribution in [3.05, 3.63) is 39.0 Å². The van der Waals surface area contributed by atoms with Crippen molar-refractivity contribution in [1.29, 1.82) is 0 Å². The Morgan fingerprint density at radius 1 is 1.23 bits per heavy atom. The number of thiazole rings is 1. The summed E-state index contributed by atoms with van der Waals surface area (Å²) in [6, 6.07) is 4.21. The van der Waals surface area contributed by atoms with Gasteiger partial charge in [0.15, 0.2) is 0 Å². The van der Waals surface area contributed by atoms with E-state index < -0.39 is 0 Å². The van der Waals surface area contributed by atoms with Gasteiger partial charge in [-0.05, 0) is 11.4 Å². The van der Waals surface area contributed by atoms with Gasteiger partial charge >= 0.3 is 0 Å². The number of hydrogen-bond acceptors (Lipinski definition) is 4. The van der Waals surface area contributed by atoms with Crippen LogP contribution in [0.5, 0.6) is 0 Å². The molecule has 2 aromatic rings. The first kappa shape index (κ1) is 8.87. The van der Waals surface area contributed by atoms with Crippen molar-refractivity contribution in [2.24, 2.45) is 0 Å². The van der Waals surface area contributed by atoms with E-state index in [1.54, 1.807) is 22.7 Å². The molecule has 0 unspecified atom stereocenters. The van der Waals surface area contributed by atoms with Crippen LogP contribution in [-0.4, -0.2) is 4.98 Å². The largest absolute Gasteiger partial charge is 0.306 e. The number of thiophene rings is 1. The lowest BCUT2D eigenvalue weighted by molar-refractivity contribution is 0.697. The number of rotatable bonds is 4. The molecule has 0 amide bonds. The third-order valence-electron chi connectivity index (χ3n) is 1.64. The van der Waals surface area contributed by atoms with E-state index in [1.165, 1.54) is 4.88 Å². The molecular weight excluding hydrogens is 200 g/mol. The third-order valence-corrected chi connectivity index (χ3v) is 3.30. The lowest BCUT2D eigenvalue weighted by Crippen LogP contribution is -2.11. The Balaban J connectivity index is 1.76. The topological polar surface area (TPSA) is 24.9 Å². The van der Waals surface area contributed by atoms with E-state index in [1.807, 2.05) is 11.6 Å². The molecule has 0 aliphatic carbocycles. The molecule has 0 bridgehead atoms. The first-order valence-corrected chi connectivity index (χ1v) is 5.82. The summed E-state index contributed by atoms with van der Waals surface area (Å²) < 4.78 is 0. The summed E-state index contributed by atoms with van der Waals surface area (Å²) in [6.07, 6.45) is 1.84. The van der Waals surface area contributed by atoms with Gasteiger partial charge in [-0.2, -0.15) is 0 Å². The summed E-state index contributed by atoms with van der Waals surface area (Å²) in [4.78, 5) is 5.57. The van der Waals surface area contributed by atoms with Gasteiger partial charge in [0.2, 0.25) is 0 Å². The third kappa shape index (κ3) is 2.62. The van der Waals surface area contributed by atoms with Crippen molar-refractivity contribution >= 4 is 22.7 Å². The van der Waals surface area contributed by atoms with Gasteiger partial charge in [0, 0.05) is 29.5 Å². The first-order valence-electron chi connectivity index (χ1n) is 4.06. The minimum Gasteiger partial charge on any atom is -0.306 e. The summed E-state index contributed by atoms with van der Waals surface area (Å²) in [6.45, 7) is 1.81. The average molecular weight is 210 g/mol. The van der Waals surface area contributed by atoms with Gasteiger partial charge in [0.05, 0.1) is 0 Å². The molecule has 0 radical (unpaired) electrons. The van der Waals surface area contributed by atoms with Crippen molar-refractivity contribution in [2.45, 2.75) is 13.1 Å². The van der Waals surface area contributed by atoms with Crippen LogP contribution in [0.1, 0.15) is 9.88 Å². The lowest BCUT2D eigenvalue weighted by Gasteiger charge is -1.98. The van der Waals surface area contributed by atoms with E-state index in [9.17, 15) is 0 Å². The summed E-state index contributed by atoms with van der Waals surface area (Å²) in [5.74, 6) is 0. The molecule has 1 N–H and O–H groups in total. The highest BCUT2D eigenvalue weighted by molar-refractivity contribution is 7.10. The fourth-order valence-corrected chi connectivity index (χ4v) is 2.31. The van der Waals surface area contributed by atoms with Crippen molar-refractivity contribution in [3.63, 3.8) is 0 Å². The smallest absolute Gasteiger partial charge is 0.106 e. The molecule has 13 heavy (non-hydrogen) atoms. The minimum absolute atomic E-state index is 0.871. The maximum atomic E-state index is 4.19. The number of nitrogens with zero attached hydrogens (tertiary/aromatic N) is 1. The normalized spacial score (nSPS) is 10.5. The molecule has 2 rings (SSSR count). The molecule has 4 heteroatoms. The Morgan fingerprint density at radius 2 is 2.23 bits per heavy atom. The number of nitrogens with one attached hydrogen (secondary N) is 1. The highest BCUT2D eigenvalue weighted by atomic mass is 32.1. The van der Waals surface area contributed by atoms with Crippen molar-refractivity contribution in [2.75, 3.05) is 0 Å². The maximum absolute atomic E-state index is 4.19. The van der Waals surface area contributed by atoms with Gasteiger partial charge in [-0.3, -0.25) is 0 Å². The van der Waals surface area contributed by atoms with Gasteiger partial charge in [-0.15, -0.1) is 22.7 Å². The molecular formula is C9H10N2S2. The van der Waals surface area contributed by atoms with Crippen molar-refractivity contribution < 1.29 is 0 Å². The molecule has 2 heterocycles. The molecule has 0 aliphatic heterocycles. The second kappa shape index (κ2) is 4.50. The zero-order chi connectivity index (χ0) is 8.93. The second-order valence-corrected chi connectivity index (χ2v) is 4.62. The predicted octanol–water partition coefficient (Wildman–Crippen LogP) is 2.49. The molecule has 0 fully saturated rings. The lowest BCUT2D eigenvalue weighted by atomic mass is 10.4. The van der Waals surface area contributed by atoms with Crippen LogP contribution < -0.4 is 5.32 Å². The average Bonchev–Trinajstić information content (AvgIpc) is 2.75. The SMILES string of the molecule is c1csc(CNCc2nccs2)c1. The quantitative estimate of drug-likeness (QED) is 0.838. The van der Waals surface area contributed by atoms with Crippen LogP contribution in [-0.2, 0) is 13.1 Å². The van der Waals surface area contributed by atoms with E-state index in [-0.39, 0.29) is 0 Å². The van der Waals surface area contributed by atoms with Crippen LogP contribution in [0.15, 0.2) is 29.1 Å². The van der Waals surface area contributed by atoms with E-state index in [0.717, 1.165) is 18.1 Å². The number of aromatic nitrogens is 1. The fourth-order valence-electron chi connectivity index (χ4n) is 1.05. The summed E-state index contributed by atoms with van der Waals surface area (Å²) >= 11 is 3.47. The van der Waals surface area contributed by atoms with Crippen molar-refractivity contribution in [1.82, 2.24) is 10.3 Å². The molecule has 0 saturated heterocycles. The molecule has 68 valence electrons. The highest BCUT2D eigenvalue weighted by Crippen LogP contribution is 2.08. The van der Waals surface area contributed by atoms with E-state index >= 15 is 0 Å². The zero-order valence-corrected chi connectivity index (χ0v) is 8.70. The van der Waals surface area contributed by atoms with E-state index in [0.29, 0.717) is 0 Å². The molecule has 2 nitrogen and oxygen atoms in total.